The van der Waals surface area contributed by atoms with Crippen LogP contribution in [0, 0.1) is 0 Å². The molecule has 2 amide bonds. The molecule has 0 saturated heterocycles. The van der Waals surface area contributed by atoms with Gasteiger partial charge in [-0.15, -0.1) is 0 Å². The van der Waals surface area contributed by atoms with E-state index in [9.17, 15) is 18.0 Å². The topological polar surface area (TPSA) is 114 Å². The third kappa shape index (κ3) is 10.3. The second-order valence-electron chi connectivity index (χ2n) is 11.6. The van der Waals surface area contributed by atoms with Crippen molar-refractivity contribution in [3.05, 3.63) is 112 Å². The van der Waals surface area contributed by atoms with Gasteiger partial charge in [-0.2, -0.15) is 0 Å². The van der Waals surface area contributed by atoms with Crippen molar-refractivity contribution in [2.45, 2.75) is 50.6 Å². The zero-order valence-electron chi connectivity index (χ0n) is 29.1. The molecule has 0 aliphatic rings. The number of halogens is 2. The van der Waals surface area contributed by atoms with E-state index < -0.39 is 28.5 Å². The maximum absolute atomic E-state index is 14.7. The van der Waals surface area contributed by atoms with E-state index >= 15 is 0 Å². The summed E-state index contributed by atoms with van der Waals surface area (Å²) in [5.41, 5.74) is 1.55. The molecule has 4 rings (SSSR count). The standard InChI is InChI=1S/C38H43Cl2N3O7S/c1-5-7-21-41-38(45)34(22-27-11-9-8-10-12-27)42(25-28-13-14-29(39)23-33(28)40)37(44)26-43(30-15-17-31(18-16-30)50-6-2)51(46,47)32-19-20-35(48-3)36(24-32)49-4/h8-20,23-24,34H,5-7,21-22,25-26H2,1-4H3,(H,41,45). The molecule has 13 heteroatoms. The molecule has 0 aromatic heterocycles. The summed E-state index contributed by atoms with van der Waals surface area (Å²) < 4.78 is 46.3. The molecule has 10 nitrogen and oxygen atoms in total. The number of sulfonamides is 1. The van der Waals surface area contributed by atoms with Gasteiger partial charge in [0.2, 0.25) is 11.8 Å². The van der Waals surface area contributed by atoms with Crippen LogP contribution in [0.3, 0.4) is 0 Å². The van der Waals surface area contributed by atoms with Gasteiger partial charge in [-0.1, -0.05) is 72.9 Å². The monoisotopic (exact) mass is 755 g/mol. The first kappa shape index (κ1) is 39.3. The molecule has 51 heavy (non-hydrogen) atoms. The highest BCUT2D eigenvalue weighted by molar-refractivity contribution is 7.92. The van der Waals surface area contributed by atoms with E-state index in [-0.39, 0.29) is 35.2 Å². The van der Waals surface area contributed by atoms with Gasteiger partial charge in [0.15, 0.2) is 11.5 Å². The van der Waals surface area contributed by atoms with Crippen molar-refractivity contribution in [2.24, 2.45) is 0 Å². The van der Waals surface area contributed by atoms with Crippen LogP contribution in [-0.4, -0.2) is 65.1 Å². The van der Waals surface area contributed by atoms with Gasteiger partial charge in [0.1, 0.15) is 18.3 Å². The molecule has 1 unspecified atom stereocenters. The van der Waals surface area contributed by atoms with Crippen LogP contribution >= 0.6 is 23.2 Å². The molecule has 0 aliphatic carbocycles. The SMILES string of the molecule is CCCCNC(=O)C(Cc1ccccc1)N(Cc1ccc(Cl)cc1Cl)C(=O)CN(c1ccc(OCC)cc1)S(=O)(=O)c1ccc(OC)c(OC)c1. The number of methoxy groups -OCH3 is 2. The molecule has 272 valence electrons. The number of hydrogen-bond donors (Lipinski definition) is 1. The average Bonchev–Trinajstić information content (AvgIpc) is 3.13. The number of nitrogens with zero attached hydrogens (tertiary/aromatic N) is 2. The Morgan fingerprint density at radius 1 is 0.863 bits per heavy atom. The minimum absolute atomic E-state index is 0.0962. The first-order chi connectivity index (χ1) is 24.5. The van der Waals surface area contributed by atoms with E-state index in [2.05, 4.69) is 5.32 Å². The molecule has 0 heterocycles. The van der Waals surface area contributed by atoms with Crippen LogP contribution in [-0.2, 0) is 32.6 Å². The Balaban J connectivity index is 1.84. The fourth-order valence-electron chi connectivity index (χ4n) is 5.40. The molecule has 0 saturated carbocycles. The van der Waals surface area contributed by atoms with Crippen LogP contribution in [0.4, 0.5) is 5.69 Å². The van der Waals surface area contributed by atoms with E-state index in [0.29, 0.717) is 40.3 Å². The smallest absolute Gasteiger partial charge is 0.264 e. The van der Waals surface area contributed by atoms with Gasteiger partial charge < -0.3 is 24.4 Å². The Kier molecular flexibility index (Phi) is 14.4. The zero-order valence-corrected chi connectivity index (χ0v) is 31.4. The molecule has 0 aliphatic heterocycles. The van der Waals surface area contributed by atoms with Crippen molar-refractivity contribution in [1.29, 1.82) is 0 Å². The highest BCUT2D eigenvalue weighted by atomic mass is 35.5. The van der Waals surface area contributed by atoms with Gasteiger partial charge in [0.05, 0.1) is 31.4 Å². The van der Waals surface area contributed by atoms with Gasteiger partial charge in [-0.25, -0.2) is 8.42 Å². The summed E-state index contributed by atoms with van der Waals surface area (Å²) in [7, 11) is -1.56. The maximum atomic E-state index is 14.7. The molecule has 0 spiro atoms. The lowest BCUT2D eigenvalue weighted by molar-refractivity contribution is -0.140. The zero-order chi connectivity index (χ0) is 37.0. The van der Waals surface area contributed by atoms with E-state index in [0.717, 1.165) is 22.7 Å². The average molecular weight is 757 g/mol. The van der Waals surface area contributed by atoms with Crippen LogP contribution in [0.25, 0.3) is 0 Å². The molecular formula is C38H43Cl2N3O7S. The van der Waals surface area contributed by atoms with Crippen LogP contribution in [0.2, 0.25) is 10.0 Å². The molecule has 4 aromatic carbocycles. The van der Waals surface area contributed by atoms with E-state index in [1.807, 2.05) is 44.2 Å². The Morgan fingerprint density at radius 2 is 1.57 bits per heavy atom. The van der Waals surface area contributed by atoms with E-state index in [4.69, 9.17) is 37.4 Å². The Labute approximate surface area is 310 Å². The first-order valence-electron chi connectivity index (χ1n) is 16.5. The van der Waals surface area contributed by atoms with Crippen molar-refractivity contribution in [1.82, 2.24) is 10.2 Å². The minimum atomic E-state index is -4.41. The quantitative estimate of drug-likeness (QED) is 0.107. The first-order valence-corrected chi connectivity index (χ1v) is 18.7. The molecule has 4 aromatic rings. The van der Waals surface area contributed by atoms with Crippen molar-refractivity contribution >= 4 is 50.7 Å². The third-order valence-corrected chi connectivity index (χ3v) is 10.5. The maximum Gasteiger partial charge on any atom is 0.264 e. The molecular weight excluding hydrogens is 713 g/mol. The number of hydrogen-bond acceptors (Lipinski definition) is 7. The Morgan fingerprint density at radius 3 is 2.20 bits per heavy atom. The molecule has 1 N–H and O–H groups in total. The lowest BCUT2D eigenvalue weighted by atomic mass is 10.0. The summed E-state index contributed by atoms with van der Waals surface area (Å²) in [5, 5.41) is 3.68. The molecule has 0 fully saturated rings. The summed E-state index contributed by atoms with van der Waals surface area (Å²) in [6.07, 6.45) is 1.77. The van der Waals surface area contributed by atoms with Gasteiger partial charge in [-0.05, 0) is 73.0 Å². The Hall–Kier alpha value is -4.45. The van der Waals surface area contributed by atoms with Crippen molar-refractivity contribution < 1.29 is 32.2 Å². The summed E-state index contributed by atoms with van der Waals surface area (Å²) in [6, 6.07) is 23.8. The summed E-state index contributed by atoms with van der Waals surface area (Å²) >= 11 is 12.8. The van der Waals surface area contributed by atoms with Gasteiger partial charge in [0.25, 0.3) is 10.0 Å². The number of rotatable bonds is 18. The van der Waals surface area contributed by atoms with Crippen molar-refractivity contribution in [2.75, 3.05) is 38.2 Å². The van der Waals surface area contributed by atoms with E-state index in [1.54, 1.807) is 42.5 Å². The van der Waals surface area contributed by atoms with Crippen molar-refractivity contribution in [3.63, 3.8) is 0 Å². The van der Waals surface area contributed by atoms with Crippen LogP contribution in [0.5, 0.6) is 17.2 Å². The highest BCUT2D eigenvalue weighted by Gasteiger charge is 2.35. The fraction of sp³-hybridized carbons (Fsp3) is 0.316. The molecule has 1 atom stereocenters. The fourth-order valence-corrected chi connectivity index (χ4v) is 7.30. The lowest BCUT2D eigenvalue weighted by Crippen LogP contribution is -2.53. The predicted octanol–water partition coefficient (Wildman–Crippen LogP) is 7.16. The summed E-state index contributed by atoms with van der Waals surface area (Å²) in [5.74, 6) is 0.0552. The number of ether oxygens (including phenoxy) is 3. The van der Waals surface area contributed by atoms with Crippen LogP contribution in [0.15, 0.2) is 95.9 Å². The lowest BCUT2D eigenvalue weighted by Gasteiger charge is -2.34. The largest absolute Gasteiger partial charge is 0.494 e. The second-order valence-corrected chi connectivity index (χ2v) is 14.3. The highest BCUT2D eigenvalue weighted by Crippen LogP contribution is 2.33. The molecule has 0 bridgehead atoms. The number of carbonyl (C=O) groups is 2. The second kappa shape index (κ2) is 18.7. The number of anilines is 1. The van der Waals surface area contributed by atoms with Gasteiger partial charge in [-0.3, -0.25) is 13.9 Å². The number of nitrogens with one attached hydrogen (secondary N) is 1. The number of carbonyl (C=O) groups excluding carboxylic acids is 2. The minimum Gasteiger partial charge on any atom is -0.494 e. The number of unbranched alkanes of at least 4 members (excludes halogenated alkanes) is 1. The van der Waals surface area contributed by atoms with Crippen molar-refractivity contribution in [3.8, 4) is 17.2 Å². The van der Waals surface area contributed by atoms with Gasteiger partial charge >= 0.3 is 0 Å². The Bertz CT molecular complexity index is 1880. The summed E-state index contributed by atoms with van der Waals surface area (Å²) in [4.78, 5) is 30.0. The molecule has 0 radical (unpaired) electrons. The third-order valence-electron chi connectivity index (χ3n) is 8.11. The van der Waals surface area contributed by atoms with Crippen LogP contribution < -0.4 is 23.8 Å². The number of benzene rings is 4. The van der Waals surface area contributed by atoms with Gasteiger partial charge in [0, 0.05) is 35.6 Å². The van der Waals surface area contributed by atoms with E-state index in [1.165, 1.54) is 37.3 Å². The number of amides is 2. The predicted molar refractivity (Wildman–Crippen MR) is 201 cm³/mol. The normalized spacial score (nSPS) is 11.7. The van der Waals surface area contributed by atoms with Crippen LogP contribution in [0.1, 0.15) is 37.8 Å². The summed E-state index contributed by atoms with van der Waals surface area (Å²) in [6.45, 7) is 3.93.